The van der Waals surface area contributed by atoms with Crippen molar-refractivity contribution in [2.24, 2.45) is 10.9 Å². The highest BCUT2D eigenvalue weighted by Gasteiger charge is 2.23. The number of methoxy groups -OCH3 is 1. The number of benzene rings is 1. The predicted molar refractivity (Wildman–Crippen MR) is 141 cm³/mol. The number of anilines is 1. The number of rotatable bonds is 10. The van der Waals surface area contributed by atoms with E-state index in [0.29, 0.717) is 18.4 Å². The van der Waals surface area contributed by atoms with Crippen molar-refractivity contribution in [3.05, 3.63) is 41.8 Å². The minimum absolute atomic E-state index is 0. The molecule has 2 aromatic rings. The quantitative estimate of drug-likeness (QED) is 0.250. The molecule has 32 heavy (non-hydrogen) atoms. The Bertz CT molecular complexity index is 837. The summed E-state index contributed by atoms with van der Waals surface area (Å²) in [7, 11) is 1.71. The molecule has 0 bridgehead atoms. The number of nitrogens with zero attached hydrogens (tertiary/aromatic N) is 3. The molecule has 8 heteroatoms. The van der Waals surface area contributed by atoms with E-state index < -0.39 is 0 Å². The number of halogens is 1. The van der Waals surface area contributed by atoms with E-state index in [9.17, 15) is 0 Å². The lowest BCUT2D eigenvalue weighted by molar-refractivity contribution is 0.372. The lowest BCUT2D eigenvalue weighted by Crippen LogP contribution is -2.40. The first-order chi connectivity index (χ1) is 15.2. The van der Waals surface area contributed by atoms with Crippen LogP contribution in [0, 0.1) is 5.92 Å². The fraction of sp³-hybridized carbons (Fsp3) is 0.583. The van der Waals surface area contributed by atoms with Crippen LogP contribution in [0.4, 0.5) is 5.69 Å². The minimum atomic E-state index is 0. The first-order valence-corrected chi connectivity index (χ1v) is 11.5. The summed E-state index contributed by atoms with van der Waals surface area (Å²) in [6.07, 6.45) is 3.30. The van der Waals surface area contributed by atoms with Gasteiger partial charge < -0.3 is 24.8 Å². The summed E-state index contributed by atoms with van der Waals surface area (Å²) in [5.41, 5.74) is 2.26. The van der Waals surface area contributed by atoms with Gasteiger partial charge in [0.1, 0.15) is 12.3 Å². The summed E-state index contributed by atoms with van der Waals surface area (Å²) in [6.45, 7) is 10.7. The van der Waals surface area contributed by atoms with Crippen molar-refractivity contribution in [2.45, 2.75) is 52.5 Å². The largest absolute Gasteiger partial charge is 0.497 e. The van der Waals surface area contributed by atoms with Crippen LogP contribution in [0.15, 0.2) is 39.8 Å². The van der Waals surface area contributed by atoms with Crippen LogP contribution in [0.1, 0.15) is 57.4 Å². The number of guanidine groups is 1. The first kappa shape index (κ1) is 26.3. The van der Waals surface area contributed by atoms with E-state index in [4.69, 9.17) is 14.3 Å². The van der Waals surface area contributed by atoms with Crippen LogP contribution >= 0.6 is 24.0 Å². The van der Waals surface area contributed by atoms with Crippen molar-refractivity contribution >= 4 is 35.6 Å². The third kappa shape index (κ3) is 7.28. The van der Waals surface area contributed by atoms with Crippen molar-refractivity contribution in [3.8, 4) is 5.75 Å². The van der Waals surface area contributed by atoms with Gasteiger partial charge in [0.15, 0.2) is 11.7 Å². The summed E-state index contributed by atoms with van der Waals surface area (Å²) in [6, 6.07) is 10.3. The molecule has 1 saturated heterocycles. The smallest absolute Gasteiger partial charge is 0.191 e. The summed E-state index contributed by atoms with van der Waals surface area (Å²) < 4.78 is 10.9. The second kappa shape index (κ2) is 13.5. The molecule has 0 radical (unpaired) electrons. The molecular formula is C24H38IN5O2. The van der Waals surface area contributed by atoms with E-state index in [1.165, 1.54) is 5.69 Å². The number of hydrogen-bond donors (Lipinski definition) is 2. The van der Waals surface area contributed by atoms with Gasteiger partial charge in [-0.2, -0.15) is 0 Å². The summed E-state index contributed by atoms with van der Waals surface area (Å²) in [5, 5.41) is 11.1. The molecule has 2 heterocycles. The third-order valence-corrected chi connectivity index (χ3v) is 5.98. The molecule has 3 rings (SSSR count). The van der Waals surface area contributed by atoms with E-state index >= 15 is 0 Å². The molecule has 0 amide bonds. The lowest BCUT2D eigenvalue weighted by atomic mass is 9.99. The highest BCUT2D eigenvalue weighted by Crippen LogP contribution is 2.26. The average molecular weight is 556 g/mol. The Morgan fingerprint density at radius 3 is 2.78 bits per heavy atom. The average Bonchev–Trinajstić information content (AvgIpc) is 3.47. The topological polar surface area (TPSA) is 74.9 Å². The second-order valence-electron chi connectivity index (χ2n) is 8.11. The van der Waals surface area contributed by atoms with Gasteiger partial charge in [-0.1, -0.05) is 25.1 Å². The Kier molecular flexibility index (Phi) is 11.1. The van der Waals surface area contributed by atoms with Gasteiger partial charge in [-0.15, -0.1) is 24.0 Å². The maximum Gasteiger partial charge on any atom is 0.191 e. The summed E-state index contributed by atoms with van der Waals surface area (Å²) in [4.78, 5) is 7.12. The molecule has 1 aromatic carbocycles. The summed E-state index contributed by atoms with van der Waals surface area (Å²) >= 11 is 0. The van der Waals surface area contributed by atoms with Gasteiger partial charge >= 0.3 is 0 Å². The molecule has 0 aliphatic carbocycles. The van der Waals surface area contributed by atoms with Crippen LogP contribution in [-0.4, -0.2) is 44.4 Å². The van der Waals surface area contributed by atoms with Gasteiger partial charge in [0, 0.05) is 49.9 Å². The molecule has 1 aromatic heterocycles. The molecule has 7 nitrogen and oxygen atoms in total. The maximum absolute atomic E-state index is 5.51. The SMILES string of the molecule is CCNC(=NCc1cc(C(CC)CC)no1)NCC1CCN(c2cccc(OC)c2)C1.I. The molecule has 1 aliphatic heterocycles. The Hall–Kier alpha value is -1.97. The van der Waals surface area contributed by atoms with Gasteiger partial charge in [-0.25, -0.2) is 4.99 Å². The van der Waals surface area contributed by atoms with Crippen molar-refractivity contribution < 1.29 is 9.26 Å². The van der Waals surface area contributed by atoms with Crippen molar-refractivity contribution in [1.29, 1.82) is 0 Å². The highest BCUT2D eigenvalue weighted by molar-refractivity contribution is 14.0. The van der Waals surface area contributed by atoms with Gasteiger partial charge in [0.2, 0.25) is 0 Å². The number of nitrogens with one attached hydrogen (secondary N) is 2. The molecule has 2 N–H and O–H groups in total. The molecule has 0 saturated carbocycles. The van der Waals surface area contributed by atoms with E-state index in [1.807, 2.05) is 18.2 Å². The predicted octanol–water partition coefficient (Wildman–Crippen LogP) is 4.79. The number of ether oxygens (including phenoxy) is 1. The maximum atomic E-state index is 5.51. The first-order valence-electron chi connectivity index (χ1n) is 11.5. The van der Waals surface area contributed by atoms with Gasteiger partial charge in [-0.3, -0.25) is 0 Å². The molecule has 1 unspecified atom stereocenters. The Morgan fingerprint density at radius 2 is 2.06 bits per heavy atom. The molecule has 1 aliphatic rings. The second-order valence-corrected chi connectivity index (χ2v) is 8.11. The normalized spacial score (nSPS) is 16.2. The fourth-order valence-electron chi connectivity index (χ4n) is 4.08. The van der Waals surface area contributed by atoms with Crippen molar-refractivity contribution in [1.82, 2.24) is 15.8 Å². The monoisotopic (exact) mass is 555 g/mol. The molecule has 178 valence electrons. The molecule has 1 fully saturated rings. The zero-order chi connectivity index (χ0) is 22.1. The van der Waals surface area contributed by atoms with Crippen molar-refractivity contribution in [2.75, 3.05) is 38.2 Å². The van der Waals surface area contributed by atoms with Gasteiger partial charge in [0.25, 0.3) is 0 Å². The van der Waals surface area contributed by atoms with Crippen molar-refractivity contribution in [3.63, 3.8) is 0 Å². The van der Waals surface area contributed by atoms with Crippen LogP contribution in [-0.2, 0) is 6.54 Å². The standard InChI is InChI=1S/C24H37N5O2.HI/c1-5-19(6-2)23-14-22(31-28-23)16-27-24(25-7-3)26-15-18-11-12-29(17-18)20-9-8-10-21(13-20)30-4;/h8-10,13-14,18-19H,5-7,11-12,15-17H2,1-4H3,(H2,25,26,27);1H. The number of aliphatic imine (C=N–C) groups is 1. The number of hydrogen-bond acceptors (Lipinski definition) is 5. The van der Waals surface area contributed by atoms with Gasteiger partial charge in [-0.05, 0) is 44.2 Å². The molecular weight excluding hydrogens is 517 g/mol. The zero-order valence-electron chi connectivity index (χ0n) is 19.8. The van der Waals surface area contributed by atoms with Crippen LogP contribution in [0.3, 0.4) is 0 Å². The van der Waals surface area contributed by atoms with E-state index in [1.54, 1.807) is 7.11 Å². The van der Waals surface area contributed by atoms with Gasteiger partial charge in [0.05, 0.1) is 12.8 Å². The highest BCUT2D eigenvalue weighted by atomic mass is 127. The van der Waals surface area contributed by atoms with Crippen LogP contribution in [0.25, 0.3) is 0 Å². The zero-order valence-corrected chi connectivity index (χ0v) is 22.1. The molecule has 0 spiro atoms. The Morgan fingerprint density at radius 1 is 1.25 bits per heavy atom. The Labute approximate surface area is 209 Å². The summed E-state index contributed by atoms with van der Waals surface area (Å²) in [5.74, 6) is 3.57. The Balaban J connectivity index is 0.00000363. The van der Waals surface area contributed by atoms with E-state index in [0.717, 1.165) is 68.6 Å². The number of aromatic nitrogens is 1. The van der Waals surface area contributed by atoms with E-state index in [2.05, 4.69) is 53.6 Å². The lowest BCUT2D eigenvalue weighted by Gasteiger charge is -2.20. The van der Waals surface area contributed by atoms with E-state index in [-0.39, 0.29) is 24.0 Å². The fourth-order valence-corrected chi connectivity index (χ4v) is 4.08. The minimum Gasteiger partial charge on any atom is -0.497 e. The van der Waals surface area contributed by atoms with Crippen LogP contribution < -0.4 is 20.3 Å². The van der Waals surface area contributed by atoms with Crippen LogP contribution in [0.5, 0.6) is 5.75 Å². The third-order valence-electron chi connectivity index (χ3n) is 5.98. The van der Waals surface area contributed by atoms with Crippen LogP contribution in [0.2, 0.25) is 0 Å². The molecule has 1 atom stereocenters.